The Bertz CT molecular complexity index is 916. The summed E-state index contributed by atoms with van der Waals surface area (Å²) in [6.07, 6.45) is 0.113. The van der Waals surface area contributed by atoms with Crippen molar-refractivity contribution in [1.29, 1.82) is 0 Å². The minimum absolute atomic E-state index is 0.0836. The first kappa shape index (κ1) is 22.3. The van der Waals surface area contributed by atoms with Crippen LogP contribution in [0, 0.1) is 5.92 Å². The minimum atomic E-state index is -0.501. The third-order valence-corrected chi connectivity index (χ3v) is 5.32. The van der Waals surface area contributed by atoms with E-state index in [1.54, 1.807) is 9.80 Å². The molecule has 0 aromatic heterocycles. The van der Waals surface area contributed by atoms with Gasteiger partial charge in [0, 0.05) is 26.1 Å². The smallest absolute Gasteiger partial charge is 0.242 e. The molecular formula is C24H29N3O4. The van der Waals surface area contributed by atoms with E-state index in [1.165, 1.54) is 0 Å². The first-order chi connectivity index (χ1) is 15.0. The van der Waals surface area contributed by atoms with Gasteiger partial charge in [-0.1, -0.05) is 42.5 Å². The van der Waals surface area contributed by atoms with Crippen LogP contribution in [0.25, 0.3) is 0 Å². The van der Waals surface area contributed by atoms with Gasteiger partial charge in [0.25, 0.3) is 0 Å². The van der Waals surface area contributed by atoms with Gasteiger partial charge in [-0.2, -0.15) is 0 Å². The highest BCUT2D eigenvalue weighted by molar-refractivity contribution is 6.01. The predicted octanol–water partition coefficient (Wildman–Crippen LogP) is 2.60. The Morgan fingerprint density at radius 3 is 2.52 bits per heavy atom. The SMILES string of the molecule is CCOc1ccccc1N1CC(C(=O)NCC(=O)N(CC)Cc2ccccc2)CC1=O. The van der Waals surface area contributed by atoms with Gasteiger partial charge in [-0.15, -0.1) is 0 Å². The van der Waals surface area contributed by atoms with Gasteiger partial charge < -0.3 is 19.9 Å². The van der Waals surface area contributed by atoms with E-state index in [2.05, 4.69) is 5.32 Å². The fourth-order valence-electron chi connectivity index (χ4n) is 3.67. The summed E-state index contributed by atoms with van der Waals surface area (Å²) in [4.78, 5) is 41.1. The van der Waals surface area contributed by atoms with Crippen LogP contribution >= 0.6 is 0 Å². The summed E-state index contributed by atoms with van der Waals surface area (Å²) in [6.45, 7) is 5.51. The molecule has 0 aliphatic carbocycles. The molecule has 1 aliphatic rings. The summed E-state index contributed by atoms with van der Waals surface area (Å²) in [5, 5.41) is 2.72. The highest BCUT2D eigenvalue weighted by Gasteiger charge is 2.36. The molecule has 1 heterocycles. The minimum Gasteiger partial charge on any atom is -0.492 e. The summed E-state index contributed by atoms with van der Waals surface area (Å²) < 4.78 is 5.62. The first-order valence-corrected chi connectivity index (χ1v) is 10.6. The average molecular weight is 424 g/mol. The first-order valence-electron chi connectivity index (χ1n) is 10.6. The number of hydrogen-bond donors (Lipinski definition) is 1. The van der Waals surface area contributed by atoms with Crippen LogP contribution in [0.5, 0.6) is 5.75 Å². The molecule has 7 nitrogen and oxygen atoms in total. The number of likely N-dealkylation sites (N-methyl/N-ethyl adjacent to an activating group) is 1. The van der Waals surface area contributed by atoms with Crippen LogP contribution in [0.15, 0.2) is 54.6 Å². The number of para-hydroxylation sites is 2. The molecule has 3 amide bonds. The Balaban J connectivity index is 1.56. The van der Waals surface area contributed by atoms with Crippen molar-refractivity contribution in [3.05, 3.63) is 60.2 Å². The van der Waals surface area contributed by atoms with Gasteiger partial charge in [0.2, 0.25) is 17.7 Å². The van der Waals surface area contributed by atoms with Crippen molar-refractivity contribution in [2.75, 3.05) is 31.1 Å². The molecule has 2 aromatic rings. The molecule has 7 heteroatoms. The van der Waals surface area contributed by atoms with E-state index in [0.717, 1.165) is 5.56 Å². The van der Waals surface area contributed by atoms with Crippen LogP contribution in [-0.2, 0) is 20.9 Å². The number of anilines is 1. The Hall–Kier alpha value is -3.35. The summed E-state index contributed by atoms with van der Waals surface area (Å²) in [5.74, 6) is -0.442. The van der Waals surface area contributed by atoms with Crippen LogP contribution < -0.4 is 15.0 Å². The Kier molecular flexibility index (Phi) is 7.65. The van der Waals surface area contributed by atoms with Crippen molar-refractivity contribution in [3.63, 3.8) is 0 Å². The van der Waals surface area contributed by atoms with Gasteiger partial charge in [-0.3, -0.25) is 14.4 Å². The van der Waals surface area contributed by atoms with E-state index >= 15 is 0 Å². The van der Waals surface area contributed by atoms with Gasteiger partial charge in [-0.05, 0) is 31.5 Å². The fraction of sp³-hybridized carbons (Fsp3) is 0.375. The molecule has 31 heavy (non-hydrogen) atoms. The number of hydrogen-bond acceptors (Lipinski definition) is 4. The summed E-state index contributed by atoms with van der Waals surface area (Å²) in [7, 11) is 0. The predicted molar refractivity (Wildman–Crippen MR) is 119 cm³/mol. The van der Waals surface area contributed by atoms with Crippen molar-refractivity contribution in [2.45, 2.75) is 26.8 Å². The van der Waals surface area contributed by atoms with Crippen molar-refractivity contribution in [1.82, 2.24) is 10.2 Å². The van der Waals surface area contributed by atoms with E-state index in [-0.39, 0.29) is 37.2 Å². The van der Waals surface area contributed by atoms with E-state index in [9.17, 15) is 14.4 Å². The monoisotopic (exact) mass is 423 g/mol. The Labute approximate surface area is 183 Å². The van der Waals surface area contributed by atoms with Gasteiger partial charge in [-0.25, -0.2) is 0 Å². The summed E-state index contributed by atoms with van der Waals surface area (Å²) >= 11 is 0. The van der Waals surface area contributed by atoms with E-state index in [4.69, 9.17) is 4.74 Å². The Morgan fingerprint density at radius 1 is 1.10 bits per heavy atom. The molecule has 1 fully saturated rings. The van der Waals surface area contributed by atoms with Gasteiger partial charge in [0.15, 0.2) is 0 Å². The highest BCUT2D eigenvalue weighted by atomic mass is 16.5. The number of ether oxygens (including phenoxy) is 1. The molecule has 0 saturated carbocycles. The van der Waals surface area contributed by atoms with Crippen LogP contribution in [0.4, 0.5) is 5.69 Å². The molecule has 0 bridgehead atoms. The molecule has 1 N–H and O–H groups in total. The number of nitrogens with one attached hydrogen (secondary N) is 1. The van der Waals surface area contributed by atoms with E-state index < -0.39 is 5.92 Å². The third-order valence-electron chi connectivity index (χ3n) is 5.32. The lowest BCUT2D eigenvalue weighted by molar-refractivity contribution is -0.134. The molecule has 2 aromatic carbocycles. The fourth-order valence-corrected chi connectivity index (χ4v) is 3.67. The lowest BCUT2D eigenvalue weighted by atomic mass is 10.1. The number of carbonyl (C=O) groups is 3. The van der Waals surface area contributed by atoms with Gasteiger partial charge >= 0.3 is 0 Å². The number of amides is 3. The topological polar surface area (TPSA) is 79.0 Å². The molecule has 3 rings (SSSR count). The molecule has 0 radical (unpaired) electrons. The normalized spacial score (nSPS) is 15.6. The summed E-state index contributed by atoms with van der Waals surface area (Å²) in [5.41, 5.74) is 1.70. The van der Waals surface area contributed by atoms with Crippen LogP contribution in [-0.4, -0.2) is 48.9 Å². The molecule has 1 aliphatic heterocycles. The largest absolute Gasteiger partial charge is 0.492 e. The maximum atomic E-state index is 12.7. The van der Waals surface area contributed by atoms with Crippen molar-refractivity contribution in [3.8, 4) is 5.75 Å². The van der Waals surface area contributed by atoms with Crippen LogP contribution in [0.3, 0.4) is 0 Å². The molecule has 1 unspecified atom stereocenters. The molecule has 1 saturated heterocycles. The number of carbonyl (C=O) groups excluding carboxylic acids is 3. The zero-order valence-corrected chi connectivity index (χ0v) is 18.0. The van der Waals surface area contributed by atoms with E-state index in [0.29, 0.717) is 31.1 Å². The Morgan fingerprint density at radius 2 is 1.81 bits per heavy atom. The number of nitrogens with zero attached hydrogens (tertiary/aromatic N) is 2. The maximum Gasteiger partial charge on any atom is 0.242 e. The highest BCUT2D eigenvalue weighted by Crippen LogP contribution is 2.33. The van der Waals surface area contributed by atoms with Crippen molar-refractivity contribution in [2.24, 2.45) is 5.92 Å². The average Bonchev–Trinajstić information content (AvgIpc) is 3.18. The molecule has 1 atom stereocenters. The second-order valence-corrected chi connectivity index (χ2v) is 7.42. The zero-order chi connectivity index (χ0) is 22.2. The van der Waals surface area contributed by atoms with Crippen LogP contribution in [0.2, 0.25) is 0 Å². The molecule has 164 valence electrons. The summed E-state index contributed by atoms with van der Waals surface area (Å²) in [6, 6.07) is 17.0. The lowest BCUT2D eigenvalue weighted by Gasteiger charge is -2.22. The second-order valence-electron chi connectivity index (χ2n) is 7.42. The van der Waals surface area contributed by atoms with E-state index in [1.807, 2.05) is 68.4 Å². The number of rotatable bonds is 9. The standard InChI is InChI=1S/C24H29N3O4/c1-3-26(16-18-10-6-5-7-11-18)23(29)15-25-24(30)19-14-22(28)27(17-19)20-12-8-9-13-21(20)31-4-2/h5-13,19H,3-4,14-17H2,1-2H3,(H,25,30). The van der Waals surface area contributed by atoms with Gasteiger partial charge in [0.1, 0.15) is 5.75 Å². The quantitative estimate of drug-likeness (QED) is 0.673. The second kappa shape index (κ2) is 10.6. The lowest BCUT2D eigenvalue weighted by Crippen LogP contribution is -2.42. The van der Waals surface area contributed by atoms with Crippen molar-refractivity contribution < 1.29 is 19.1 Å². The molecule has 0 spiro atoms. The zero-order valence-electron chi connectivity index (χ0n) is 18.0. The van der Waals surface area contributed by atoms with Gasteiger partial charge in [0.05, 0.1) is 24.8 Å². The number of benzene rings is 2. The van der Waals surface area contributed by atoms with Crippen LogP contribution in [0.1, 0.15) is 25.8 Å². The molecular weight excluding hydrogens is 394 g/mol. The third kappa shape index (κ3) is 5.63. The maximum absolute atomic E-state index is 12.7. The van der Waals surface area contributed by atoms with Crippen molar-refractivity contribution >= 4 is 23.4 Å².